The lowest BCUT2D eigenvalue weighted by atomic mass is 10.0. The Morgan fingerprint density at radius 3 is 2.69 bits per heavy atom. The minimum absolute atomic E-state index is 1.19. The molecule has 1 aromatic carbocycles. The van der Waals surface area contributed by atoms with Crippen molar-refractivity contribution in [2.75, 3.05) is 0 Å². The molecule has 0 atom stereocenters. The topological polar surface area (TPSA) is 0 Å². The van der Waals surface area contributed by atoms with Gasteiger partial charge in [0.25, 0.3) is 0 Å². The molecule has 1 radical (unpaired) electrons. The number of hydrogen-bond donors (Lipinski definition) is 0. The molecule has 0 aliphatic carbocycles. The van der Waals surface area contributed by atoms with Gasteiger partial charge in [-0.05, 0) is 44.2 Å². The summed E-state index contributed by atoms with van der Waals surface area (Å²) in [6.45, 7) is 6.55. The van der Waals surface area contributed by atoms with E-state index in [4.69, 9.17) is 0 Å². The van der Waals surface area contributed by atoms with Crippen molar-refractivity contribution in [1.29, 1.82) is 0 Å². The summed E-state index contributed by atoms with van der Waals surface area (Å²) in [5, 5.41) is 0. The van der Waals surface area contributed by atoms with Crippen molar-refractivity contribution >= 4 is 0 Å². The highest BCUT2D eigenvalue weighted by Crippen LogP contribution is 2.13. The lowest BCUT2D eigenvalue weighted by molar-refractivity contribution is 0.871. The number of hydrogen-bond acceptors (Lipinski definition) is 0. The molecule has 0 heterocycles. The zero-order valence-electron chi connectivity index (χ0n) is 8.93. The van der Waals surface area contributed by atoms with E-state index in [-0.39, 0.29) is 0 Å². The van der Waals surface area contributed by atoms with Gasteiger partial charge < -0.3 is 0 Å². The molecule has 0 fully saturated rings. The van der Waals surface area contributed by atoms with Crippen molar-refractivity contribution in [1.82, 2.24) is 0 Å². The quantitative estimate of drug-likeness (QED) is 0.610. The highest BCUT2D eigenvalue weighted by atomic mass is 14.0. The van der Waals surface area contributed by atoms with Crippen LogP contribution in [0.5, 0.6) is 0 Å². The molecule has 0 nitrogen and oxygen atoms in total. The molecule has 13 heavy (non-hydrogen) atoms. The van der Waals surface area contributed by atoms with E-state index in [0.29, 0.717) is 0 Å². The molecule has 0 saturated heterocycles. The predicted molar refractivity (Wildman–Crippen MR) is 58.8 cm³/mol. The van der Waals surface area contributed by atoms with Crippen molar-refractivity contribution in [2.24, 2.45) is 0 Å². The van der Waals surface area contributed by atoms with E-state index in [1.54, 1.807) is 0 Å². The van der Waals surface area contributed by atoms with Crippen molar-refractivity contribution < 1.29 is 0 Å². The van der Waals surface area contributed by atoms with Crippen LogP contribution < -0.4 is 0 Å². The minimum Gasteiger partial charge on any atom is -0.0651 e. The molecule has 0 aliphatic rings. The zero-order chi connectivity index (χ0) is 9.68. The first-order valence-electron chi connectivity index (χ1n) is 5.12. The number of rotatable bonds is 4. The van der Waals surface area contributed by atoms with Gasteiger partial charge >= 0.3 is 0 Å². The lowest BCUT2D eigenvalue weighted by Gasteiger charge is -2.06. The van der Waals surface area contributed by atoms with Crippen molar-refractivity contribution in [3.8, 4) is 0 Å². The Balaban J connectivity index is 2.59. The molecule has 0 heteroatoms. The second-order valence-electron chi connectivity index (χ2n) is 3.67. The Labute approximate surface area is 82.0 Å². The van der Waals surface area contributed by atoms with Crippen molar-refractivity contribution in [3.05, 3.63) is 41.3 Å². The van der Waals surface area contributed by atoms with E-state index in [1.165, 1.54) is 36.0 Å². The maximum absolute atomic E-state index is 2.35. The third kappa shape index (κ3) is 3.22. The van der Waals surface area contributed by atoms with E-state index in [2.05, 4.69) is 45.4 Å². The molecule has 0 aliphatic heterocycles. The molecule has 0 bridgehead atoms. The van der Waals surface area contributed by atoms with Gasteiger partial charge in [0.05, 0.1) is 0 Å². The van der Waals surface area contributed by atoms with Crippen LogP contribution in [0.1, 0.15) is 36.5 Å². The molecule has 0 aromatic heterocycles. The van der Waals surface area contributed by atoms with Crippen LogP contribution in [-0.2, 0) is 6.42 Å². The summed E-state index contributed by atoms with van der Waals surface area (Å²) in [5.74, 6) is 0. The van der Waals surface area contributed by atoms with Gasteiger partial charge in [-0.3, -0.25) is 0 Å². The fourth-order valence-electron chi connectivity index (χ4n) is 1.53. The van der Waals surface area contributed by atoms with Gasteiger partial charge in [0.15, 0.2) is 0 Å². The summed E-state index contributed by atoms with van der Waals surface area (Å²) in [5.41, 5.74) is 4.30. The van der Waals surface area contributed by atoms with Crippen LogP contribution in [0.25, 0.3) is 0 Å². The van der Waals surface area contributed by atoms with E-state index in [0.717, 1.165) is 0 Å². The zero-order valence-corrected chi connectivity index (χ0v) is 8.93. The first-order valence-corrected chi connectivity index (χ1v) is 5.12. The summed E-state index contributed by atoms with van der Waals surface area (Å²) < 4.78 is 0. The van der Waals surface area contributed by atoms with Crippen LogP contribution in [0.15, 0.2) is 18.2 Å². The Morgan fingerprint density at radius 1 is 1.23 bits per heavy atom. The third-order valence-electron chi connectivity index (χ3n) is 2.41. The molecule has 0 N–H and O–H groups in total. The predicted octanol–water partition coefficient (Wildman–Crippen LogP) is 3.85. The van der Waals surface area contributed by atoms with Gasteiger partial charge in [0.1, 0.15) is 0 Å². The average molecular weight is 175 g/mol. The van der Waals surface area contributed by atoms with Crippen LogP contribution in [0, 0.1) is 20.3 Å². The maximum Gasteiger partial charge on any atom is -0.0273 e. The Hall–Kier alpha value is -0.780. The van der Waals surface area contributed by atoms with Crippen molar-refractivity contribution in [3.63, 3.8) is 0 Å². The lowest BCUT2D eigenvalue weighted by Crippen LogP contribution is -1.91. The van der Waals surface area contributed by atoms with Crippen LogP contribution in [0.4, 0.5) is 0 Å². The Morgan fingerprint density at radius 2 is 2.00 bits per heavy atom. The van der Waals surface area contributed by atoms with Crippen LogP contribution in [0.3, 0.4) is 0 Å². The van der Waals surface area contributed by atoms with E-state index in [1.807, 2.05) is 0 Å². The molecule has 0 unspecified atom stereocenters. The van der Waals surface area contributed by atoms with Gasteiger partial charge in [-0.2, -0.15) is 0 Å². The molecular weight excluding hydrogens is 156 g/mol. The standard InChI is InChI=1S/C13H19/c1-4-5-6-7-13-10-11(2)8-9-12(13)3/h5,8-10H,4,6-7H2,1-3H3. The Bertz CT molecular complexity index is 261. The summed E-state index contributed by atoms with van der Waals surface area (Å²) in [7, 11) is 0. The van der Waals surface area contributed by atoms with E-state index < -0.39 is 0 Å². The Kier molecular flexibility index (Phi) is 4.01. The average Bonchev–Trinajstić information content (AvgIpc) is 2.11. The second kappa shape index (κ2) is 5.06. The molecule has 1 aromatic rings. The first-order chi connectivity index (χ1) is 6.24. The SMILES string of the molecule is CC[CH]CCc1cc(C)ccc1C. The third-order valence-corrected chi connectivity index (χ3v) is 2.41. The van der Waals surface area contributed by atoms with Crippen LogP contribution >= 0.6 is 0 Å². The van der Waals surface area contributed by atoms with Gasteiger partial charge in [0, 0.05) is 0 Å². The maximum atomic E-state index is 2.35. The van der Waals surface area contributed by atoms with E-state index in [9.17, 15) is 0 Å². The van der Waals surface area contributed by atoms with Gasteiger partial charge in [-0.15, -0.1) is 0 Å². The van der Waals surface area contributed by atoms with Gasteiger partial charge in [-0.1, -0.05) is 37.1 Å². The molecule has 71 valence electrons. The number of unbranched alkanes of at least 4 members (excludes halogenated alkanes) is 2. The molecule has 0 amide bonds. The molecule has 0 saturated carbocycles. The number of benzene rings is 1. The summed E-state index contributed by atoms with van der Waals surface area (Å²) >= 11 is 0. The van der Waals surface area contributed by atoms with Crippen molar-refractivity contribution in [2.45, 2.75) is 40.0 Å². The smallest absolute Gasteiger partial charge is 0.0273 e. The first kappa shape index (κ1) is 10.3. The summed E-state index contributed by atoms with van der Waals surface area (Å²) in [6.07, 6.45) is 5.94. The molecule has 1 rings (SSSR count). The van der Waals surface area contributed by atoms with E-state index >= 15 is 0 Å². The fourth-order valence-corrected chi connectivity index (χ4v) is 1.53. The second-order valence-corrected chi connectivity index (χ2v) is 3.67. The fraction of sp³-hybridized carbons (Fsp3) is 0.462. The highest BCUT2D eigenvalue weighted by Gasteiger charge is 1.97. The largest absolute Gasteiger partial charge is 0.0651 e. The highest BCUT2D eigenvalue weighted by molar-refractivity contribution is 5.30. The van der Waals surface area contributed by atoms with Gasteiger partial charge in [0.2, 0.25) is 0 Å². The summed E-state index contributed by atoms with van der Waals surface area (Å²) in [6, 6.07) is 6.71. The monoisotopic (exact) mass is 175 g/mol. The summed E-state index contributed by atoms with van der Waals surface area (Å²) in [4.78, 5) is 0. The molecular formula is C13H19. The van der Waals surface area contributed by atoms with Crippen LogP contribution in [-0.4, -0.2) is 0 Å². The molecule has 0 spiro atoms. The van der Waals surface area contributed by atoms with Gasteiger partial charge in [-0.25, -0.2) is 0 Å². The van der Waals surface area contributed by atoms with Crippen LogP contribution in [0.2, 0.25) is 0 Å². The normalized spacial score (nSPS) is 10.4. The number of aryl methyl sites for hydroxylation is 3. The minimum atomic E-state index is 1.19.